The van der Waals surface area contributed by atoms with Crippen molar-refractivity contribution in [3.63, 3.8) is 0 Å². The molecule has 1 N–H and O–H groups in total. The number of amides is 1. The molecule has 0 spiro atoms. The average Bonchev–Trinajstić information content (AvgIpc) is 2.47. The fourth-order valence-corrected chi connectivity index (χ4v) is 2.63. The summed E-state index contributed by atoms with van der Waals surface area (Å²) in [5.41, 5.74) is 0. The summed E-state index contributed by atoms with van der Waals surface area (Å²) < 4.78 is 5.36. The van der Waals surface area contributed by atoms with E-state index in [1.54, 1.807) is 12.1 Å². The number of piperidine rings is 1. The van der Waals surface area contributed by atoms with Crippen LogP contribution in [0.15, 0.2) is 18.2 Å². The maximum atomic E-state index is 12.1. The number of benzene rings is 1. The van der Waals surface area contributed by atoms with Gasteiger partial charge in [-0.05, 0) is 31.4 Å². The standard InChI is InChI=1S/C14H15Cl2NO4/c15-9-4-5-10(16)12(7-9)21-8-13(18)17-6-2-1-3-11(17)14(19)20/h4-5,7,11H,1-3,6,8H2,(H,19,20). The second kappa shape index (κ2) is 7.00. The minimum atomic E-state index is -0.983. The molecular formula is C14H15Cl2NO4. The third-order valence-electron chi connectivity index (χ3n) is 3.35. The molecule has 1 aliphatic heterocycles. The van der Waals surface area contributed by atoms with Gasteiger partial charge in [0.1, 0.15) is 11.8 Å². The highest BCUT2D eigenvalue weighted by atomic mass is 35.5. The van der Waals surface area contributed by atoms with Gasteiger partial charge in [0, 0.05) is 17.6 Å². The van der Waals surface area contributed by atoms with Gasteiger partial charge in [0.15, 0.2) is 6.61 Å². The summed E-state index contributed by atoms with van der Waals surface area (Å²) in [7, 11) is 0. The monoisotopic (exact) mass is 331 g/mol. The van der Waals surface area contributed by atoms with Gasteiger partial charge in [-0.15, -0.1) is 0 Å². The van der Waals surface area contributed by atoms with E-state index in [2.05, 4.69) is 0 Å². The molecule has 1 saturated heterocycles. The van der Waals surface area contributed by atoms with Crippen LogP contribution >= 0.6 is 23.2 Å². The molecule has 5 nitrogen and oxygen atoms in total. The zero-order valence-electron chi connectivity index (χ0n) is 11.2. The molecule has 0 aromatic heterocycles. The van der Waals surface area contributed by atoms with Gasteiger partial charge in [0.2, 0.25) is 0 Å². The Kier molecular flexibility index (Phi) is 5.31. The van der Waals surface area contributed by atoms with Crippen LogP contribution in [-0.4, -0.2) is 41.1 Å². The van der Waals surface area contributed by atoms with Gasteiger partial charge in [-0.25, -0.2) is 4.79 Å². The Hall–Kier alpha value is -1.46. The number of carboxylic acids is 1. The number of carbonyl (C=O) groups is 2. The van der Waals surface area contributed by atoms with E-state index in [1.807, 2.05) is 0 Å². The van der Waals surface area contributed by atoms with Crippen molar-refractivity contribution in [3.05, 3.63) is 28.2 Å². The number of carboxylic acid groups (broad SMARTS) is 1. The topological polar surface area (TPSA) is 66.8 Å². The number of nitrogens with zero attached hydrogens (tertiary/aromatic N) is 1. The fraction of sp³-hybridized carbons (Fsp3) is 0.429. The number of hydrogen-bond donors (Lipinski definition) is 1. The smallest absolute Gasteiger partial charge is 0.326 e. The maximum Gasteiger partial charge on any atom is 0.326 e. The molecule has 7 heteroatoms. The molecule has 21 heavy (non-hydrogen) atoms. The van der Waals surface area contributed by atoms with Crippen molar-refractivity contribution >= 4 is 35.1 Å². The molecule has 1 atom stereocenters. The van der Waals surface area contributed by atoms with E-state index in [0.717, 1.165) is 12.8 Å². The van der Waals surface area contributed by atoms with Crippen LogP contribution in [0.25, 0.3) is 0 Å². The number of halogens is 2. The summed E-state index contributed by atoms with van der Waals surface area (Å²) in [6, 6.07) is 3.93. The van der Waals surface area contributed by atoms with Gasteiger partial charge < -0.3 is 14.7 Å². The minimum Gasteiger partial charge on any atom is -0.482 e. The van der Waals surface area contributed by atoms with Gasteiger partial charge in [0.25, 0.3) is 5.91 Å². The first-order valence-corrected chi connectivity index (χ1v) is 7.35. The number of likely N-dealkylation sites (tertiary alicyclic amines) is 1. The molecule has 2 rings (SSSR count). The molecule has 0 radical (unpaired) electrons. The van der Waals surface area contributed by atoms with Crippen LogP contribution in [0, 0.1) is 0 Å². The summed E-state index contributed by atoms with van der Waals surface area (Å²) in [6.45, 7) is 0.173. The third-order valence-corrected chi connectivity index (χ3v) is 3.90. The predicted octanol–water partition coefficient (Wildman–Crippen LogP) is 2.84. The highest BCUT2D eigenvalue weighted by molar-refractivity contribution is 6.34. The normalized spacial score (nSPS) is 18.4. The highest BCUT2D eigenvalue weighted by Gasteiger charge is 2.32. The molecule has 1 aliphatic rings. The fourth-order valence-electron chi connectivity index (χ4n) is 2.30. The average molecular weight is 332 g/mol. The maximum absolute atomic E-state index is 12.1. The molecular weight excluding hydrogens is 317 g/mol. The van der Waals surface area contributed by atoms with Gasteiger partial charge >= 0.3 is 5.97 Å². The Morgan fingerprint density at radius 1 is 1.33 bits per heavy atom. The van der Waals surface area contributed by atoms with Crippen LogP contribution in [0.4, 0.5) is 0 Å². The lowest BCUT2D eigenvalue weighted by molar-refractivity contribution is -0.152. The number of rotatable bonds is 4. The molecule has 0 bridgehead atoms. The molecule has 1 aromatic rings. The van der Waals surface area contributed by atoms with Crippen molar-refractivity contribution in [2.24, 2.45) is 0 Å². The Morgan fingerprint density at radius 3 is 2.81 bits per heavy atom. The molecule has 0 saturated carbocycles. The molecule has 1 unspecified atom stereocenters. The molecule has 1 heterocycles. The highest BCUT2D eigenvalue weighted by Crippen LogP contribution is 2.28. The summed E-state index contributed by atoms with van der Waals surface area (Å²) in [4.78, 5) is 24.7. The SMILES string of the molecule is O=C(O)C1CCCCN1C(=O)COc1cc(Cl)ccc1Cl. The lowest BCUT2D eigenvalue weighted by atomic mass is 10.0. The molecule has 1 fully saturated rings. The van der Waals surface area contributed by atoms with Crippen molar-refractivity contribution in [2.75, 3.05) is 13.2 Å². The van der Waals surface area contributed by atoms with Crippen LogP contribution in [0.2, 0.25) is 10.0 Å². The van der Waals surface area contributed by atoms with Crippen LogP contribution in [-0.2, 0) is 9.59 Å². The molecule has 114 valence electrons. The minimum absolute atomic E-state index is 0.260. The van der Waals surface area contributed by atoms with E-state index in [0.29, 0.717) is 28.8 Å². The summed E-state index contributed by atoms with van der Waals surface area (Å²) >= 11 is 11.8. The summed E-state index contributed by atoms with van der Waals surface area (Å²) in [6.07, 6.45) is 2.08. The first kappa shape index (κ1) is 15.9. The number of carbonyl (C=O) groups excluding carboxylic acids is 1. The van der Waals surface area contributed by atoms with Gasteiger partial charge in [-0.2, -0.15) is 0 Å². The lowest BCUT2D eigenvalue weighted by Gasteiger charge is -2.32. The van der Waals surface area contributed by atoms with E-state index < -0.39 is 12.0 Å². The van der Waals surface area contributed by atoms with Crippen LogP contribution in [0.3, 0.4) is 0 Å². The predicted molar refractivity (Wildman–Crippen MR) is 78.9 cm³/mol. The van der Waals surface area contributed by atoms with E-state index in [4.69, 9.17) is 33.0 Å². The lowest BCUT2D eigenvalue weighted by Crippen LogP contribution is -2.49. The Balaban J connectivity index is 2.00. The Bertz CT molecular complexity index is 550. The number of ether oxygens (including phenoxy) is 1. The number of aliphatic carboxylic acids is 1. The Labute approximate surface area is 132 Å². The van der Waals surface area contributed by atoms with Crippen molar-refractivity contribution in [1.82, 2.24) is 4.90 Å². The largest absolute Gasteiger partial charge is 0.482 e. The summed E-state index contributed by atoms with van der Waals surface area (Å²) in [5, 5.41) is 9.95. The first-order valence-electron chi connectivity index (χ1n) is 6.59. The van der Waals surface area contributed by atoms with Crippen molar-refractivity contribution < 1.29 is 19.4 Å². The van der Waals surface area contributed by atoms with E-state index in [1.165, 1.54) is 11.0 Å². The van der Waals surface area contributed by atoms with Crippen molar-refractivity contribution in [1.29, 1.82) is 0 Å². The van der Waals surface area contributed by atoms with E-state index in [9.17, 15) is 9.59 Å². The third kappa shape index (κ3) is 4.02. The van der Waals surface area contributed by atoms with Crippen LogP contribution in [0.5, 0.6) is 5.75 Å². The quantitative estimate of drug-likeness (QED) is 0.921. The molecule has 0 aliphatic carbocycles. The van der Waals surface area contributed by atoms with Gasteiger partial charge in [0.05, 0.1) is 5.02 Å². The van der Waals surface area contributed by atoms with Crippen LogP contribution < -0.4 is 4.74 Å². The summed E-state index contributed by atoms with van der Waals surface area (Å²) in [5.74, 6) is -1.04. The second-order valence-electron chi connectivity index (χ2n) is 4.80. The van der Waals surface area contributed by atoms with Crippen molar-refractivity contribution in [3.8, 4) is 5.75 Å². The zero-order valence-corrected chi connectivity index (χ0v) is 12.7. The number of hydrogen-bond acceptors (Lipinski definition) is 3. The van der Waals surface area contributed by atoms with Gasteiger partial charge in [-0.1, -0.05) is 23.2 Å². The van der Waals surface area contributed by atoms with Crippen molar-refractivity contribution in [2.45, 2.75) is 25.3 Å². The zero-order chi connectivity index (χ0) is 15.4. The molecule has 1 amide bonds. The van der Waals surface area contributed by atoms with E-state index >= 15 is 0 Å². The molecule has 1 aromatic carbocycles. The van der Waals surface area contributed by atoms with Crippen LogP contribution in [0.1, 0.15) is 19.3 Å². The van der Waals surface area contributed by atoms with E-state index in [-0.39, 0.29) is 12.5 Å². The van der Waals surface area contributed by atoms with Gasteiger partial charge in [-0.3, -0.25) is 4.79 Å². The second-order valence-corrected chi connectivity index (χ2v) is 5.64. The Morgan fingerprint density at radius 2 is 2.10 bits per heavy atom. The first-order chi connectivity index (χ1) is 9.99.